The first kappa shape index (κ1) is 68.2. The number of carbonyl (C=O) groups excluding carboxylic acids is 1. The average Bonchev–Trinajstić information content (AvgIpc) is 3.46. The number of urea groups is 1. The first-order valence-corrected chi connectivity index (χ1v) is 13.8. The zero-order chi connectivity index (χ0) is 33.1. The van der Waals surface area contributed by atoms with Crippen molar-refractivity contribution in [3.8, 4) is 0 Å². The van der Waals surface area contributed by atoms with Gasteiger partial charge >= 0.3 is 6.03 Å². The molecule has 1 rings (SSSR count). The maximum Gasteiger partial charge on any atom is 0.319 e. The third-order valence-electron chi connectivity index (χ3n) is 3.36. The van der Waals surface area contributed by atoms with Crippen molar-refractivity contribution in [3.63, 3.8) is 0 Å². The van der Waals surface area contributed by atoms with Gasteiger partial charge in [0.2, 0.25) is 0 Å². The van der Waals surface area contributed by atoms with Crippen LogP contribution in [0.4, 0.5) is 4.79 Å². The van der Waals surface area contributed by atoms with Gasteiger partial charge in [0.1, 0.15) is 0 Å². The number of aryl methyl sites for hydroxylation is 1. The number of nitrogens with one attached hydrogen (secondary N) is 4. The van der Waals surface area contributed by atoms with Crippen LogP contribution >= 0.6 is 11.3 Å². The van der Waals surface area contributed by atoms with Crippen LogP contribution in [-0.4, -0.2) is 140 Å². The van der Waals surface area contributed by atoms with Crippen molar-refractivity contribution in [2.24, 2.45) is 9.98 Å². The minimum Gasteiger partial charge on any atom is -0.481 e. The fourth-order valence-corrected chi connectivity index (χ4v) is 2.17. The molecule has 2 amide bonds. The Morgan fingerprint density at radius 3 is 1.18 bits per heavy atom. The molecule has 0 aliphatic carbocycles. The van der Waals surface area contributed by atoms with Crippen molar-refractivity contribution >= 4 is 35.3 Å². The summed E-state index contributed by atoms with van der Waals surface area (Å²) in [6, 6.07) is 0.0532. The Bertz CT molecular complexity index is 662. The lowest BCUT2D eigenvalue weighted by Gasteiger charge is -2.19. The second-order valence-corrected chi connectivity index (χ2v) is 8.45. The number of hydrogen-bond acceptors (Lipinski definition) is 7. The minimum absolute atomic E-state index is 0. The Morgan fingerprint density at radius 2 is 1.11 bits per heavy atom. The summed E-state index contributed by atoms with van der Waals surface area (Å²) in [7, 11) is 22.0. The van der Waals surface area contributed by atoms with Gasteiger partial charge in [0.05, 0.1) is 5.01 Å². The fraction of sp³-hybridized carbons (Fsp3) is 0.767. The van der Waals surface area contributed by atoms with Crippen LogP contribution in [0.25, 0.3) is 0 Å². The van der Waals surface area contributed by atoms with Crippen molar-refractivity contribution in [1.82, 2.24) is 41.0 Å². The van der Waals surface area contributed by atoms with E-state index in [1.165, 1.54) is 5.01 Å². The molecule has 5 N–H and O–H groups in total. The third kappa shape index (κ3) is 71.8. The van der Waals surface area contributed by atoms with E-state index in [0.717, 1.165) is 31.8 Å². The predicted octanol–water partition coefficient (Wildman–Crippen LogP) is 4.99. The van der Waals surface area contributed by atoms with Gasteiger partial charge in [0.15, 0.2) is 11.9 Å². The molecular weight excluding hydrogens is 580 g/mol. The molecule has 0 unspecified atom stereocenters. The summed E-state index contributed by atoms with van der Waals surface area (Å²) in [6.45, 7) is 9.90. The molecule has 0 spiro atoms. The molecule has 13 nitrogen and oxygen atoms in total. The molecule has 0 saturated heterocycles. The zero-order valence-electron chi connectivity index (χ0n) is 28.4. The number of aliphatic imine (C=N–C) groups is 2. The van der Waals surface area contributed by atoms with E-state index >= 15 is 0 Å². The zero-order valence-corrected chi connectivity index (χ0v) is 29.2. The molecule has 0 fully saturated rings. The highest BCUT2D eigenvalue weighted by Gasteiger charge is 2.06. The van der Waals surface area contributed by atoms with Gasteiger partial charge in [-0.3, -0.25) is 14.8 Å². The molecule has 14 heteroatoms. The number of guanidine groups is 2. The Kier molecular flexibility index (Phi) is 86.4. The lowest BCUT2D eigenvalue weighted by Crippen LogP contribution is -2.35. The van der Waals surface area contributed by atoms with Crippen molar-refractivity contribution in [2.75, 3.05) is 91.1 Å². The number of aliphatic carboxylic acids is 1. The highest BCUT2D eigenvalue weighted by molar-refractivity contribution is 7.09. The molecule has 0 aromatic carbocycles. The monoisotopic (exact) mass is 659 g/mol. The SMILES string of the molecule is C.C.C.C.CC.CC(=O)O.CCN(C)C(=O)N(C)C.CCc1nccs1.CN(C)C.CN=C(NC)NC.CN=C(NC)NC. The lowest BCUT2D eigenvalue weighted by molar-refractivity contribution is -0.134. The first-order valence-electron chi connectivity index (χ1n) is 12.9. The number of thiazole rings is 1. The van der Waals surface area contributed by atoms with Crippen LogP contribution in [0.3, 0.4) is 0 Å². The molecule has 0 bridgehead atoms. The van der Waals surface area contributed by atoms with Gasteiger partial charge in [0, 0.05) is 88.5 Å². The van der Waals surface area contributed by atoms with E-state index in [9.17, 15) is 4.79 Å². The van der Waals surface area contributed by atoms with E-state index in [2.05, 4.69) is 43.2 Å². The van der Waals surface area contributed by atoms with Crippen LogP contribution < -0.4 is 21.3 Å². The molecular formula is C30H78N10O3S. The lowest BCUT2D eigenvalue weighted by atomic mass is 10.5. The number of carbonyl (C=O) groups is 2. The van der Waals surface area contributed by atoms with Crippen LogP contribution in [0.1, 0.15) is 69.3 Å². The largest absolute Gasteiger partial charge is 0.481 e. The second kappa shape index (κ2) is 55.8. The standard InChI is InChI=1S/C6H14N2O.C5H7NS.2C4H11N3.C3H9N.C2H4O2.C2H6.4CH4/c1-5-8(4)6(9)7(2)3;1-2-5-6-3-4-7-5;2*1-5-4(6-2)7-3;1-4(2)3;1-2(3)4;1-2;;;;/h5H2,1-4H3;3-4H,2H2,1H3;2*1-3H3,(H2,5,6,7);1-3H3;1H3,(H,3,4);1-2H3;4*1H4. The Hall–Kier alpha value is -3.13. The molecule has 0 saturated carbocycles. The number of carboxylic acids is 1. The fourth-order valence-electron chi connectivity index (χ4n) is 1.60. The number of carboxylic acid groups (broad SMARTS) is 1. The topological polar surface area (TPSA) is 150 Å². The van der Waals surface area contributed by atoms with Gasteiger partial charge in [-0.2, -0.15) is 0 Å². The summed E-state index contributed by atoms with van der Waals surface area (Å²) in [5.41, 5.74) is 0. The molecule has 44 heavy (non-hydrogen) atoms. The average molecular weight is 659 g/mol. The summed E-state index contributed by atoms with van der Waals surface area (Å²) in [5, 5.41) is 22.0. The molecule has 1 heterocycles. The summed E-state index contributed by atoms with van der Waals surface area (Å²) < 4.78 is 0. The van der Waals surface area contributed by atoms with Crippen LogP contribution in [-0.2, 0) is 11.2 Å². The normalized spacial score (nSPS) is 7.14. The van der Waals surface area contributed by atoms with Crippen molar-refractivity contribution in [1.29, 1.82) is 0 Å². The highest BCUT2D eigenvalue weighted by atomic mass is 32.1. The summed E-state index contributed by atoms with van der Waals surface area (Å²) in [5.74, 6) is 0.778. The van der Waals surface area contributed by atoms with Crippen molar-refractivity contribution in [3.05, 3.63) is 16.6 Å². The molecule has 0 radical (unpaired) electrons. The number of rotatable bonds is 2. The summed E-state index contributed by atoms with van der Waals surface area (Å²) >= 11 is 1.71. The molecule has 0 atom stereocenters. The Morgan fingerprint density at radius 1 is 0.818 bits per heavy atom. The van der Waals surface area contributed by atoms with E-state index < -0.39 is 5.97 Å². The molecule has 1 aromatic heterocycles. The molecule has 0 aliphatic heterocycles. The first-order chi connectivity index (χ1) is 18.7. The third-order valence-corrected chi connectivity index (χ3v) is 4.29. The van der Waals surface area contributed by atoms with Gasteiger partial charge in [-0.05, 0) is 34.5 Å². The van der Waals surface area contributed by atoms with Gasteiger partial charge < -0.3 is 41.1 Å². The van der Waals surface area contributed by atoms with Crippen molar-refractivity contribution < 1.29 is 14.7 Å². The van der Waals surface area contributed by atoms with Crippen LogP contribution in [0.15, 0.2) is 21.6 Å². The van der Waals surface area contributed by atoms with Crippen LogP contribution in [0.2, 0.25) is 0 Å². The quantitative estimate of drug-likeness (QED) is 0.219. The maximum absolute atomic E-state index is 10.9. The van der Waals surface area contributed by atoms with Gasteiger partial charge in [-0.1, -0.05) is 50.5 Å². The highest BCUT2D eigenvalue weighted by Crippen LogP contribution is 2.02. The predicted molar refractivity (Wildman–Crippen MR) is 203 cm³/mol. The molecule has 1 aromatic rings. The van der Waals surface area contributed by atoms with E-state index in [1.54, 1.807) is 56.4 Å². The molecule has 272 valence electrons. The Labute approximate surface area is 279 Å². The number of amides is 2. The number of aromatic nitrogens is 1. The minimum atomic E-state index is -0.833. The van der Waals surface area contributed by atoms with Crippen molar-refractivity contribution in [2.45, 2.75) is 70.7 Å². The summed E-state index contributed by atoms with van der Waals surface area (Å²) in [4.78, 5) is 36.8. The smallest absolute Gasteiger partial charge is 0.319 e. The van der Waals surface area contributed by atoms with E-state index in [-0.39, 0.29) is 35.7 Å². The van der Waals surface area contributed by atoms with E-state index in [0.29, 0.717) is 0 Å². The van der Waals surface area contributed by atoms with Crippen LogP contribution in [0.5, 0.6) is 0 Å². The maximum atomic E-state index is 10.9. The second-order valence-electron chi connectivity index (χ2n) is 7.48. The van der Waals surface area contributed by atoms with Crippen LogP contribution in [0, 0.1) is 0 Å². The molecule has 0 aliphatic rings. The summed E-state index contributed by atoms with van der Waals surface area (Å²) in [6.07, 6.45) is 2.90. The van der Waals surface area contributed by atoms with E-state index in [4.69, 9.17) is 9.90 Å². The number of nitrogens with zero attached hydrogens (tertiary/aromatic N) is 6. The Balaban J connectivity index is -0.0000000389. The number of hydrogen-bond donors (Lipinski definition) is 5. The van der Waals surface area contributed by atoms with Gasteiger partial charge in [-0.15, -0.1) is 11.3 Å². The van der Waals surface area contributed by atoms with Gasteiger partial charge in [0.25, 0.3) is 5.97 Å². The van der Waals surface area contributed by atoms with Gasteiger partial charge in [-0.25, -0.2) is 9.78 Å². The van der Waals surface area contributed by atoms with E-state index in [1.807, 2.05) is 86.6 Å².